The molecule has 0 N–H and O–H groups in total. The number of likely N-dealkylation sites (tertiary alicyclic amines) is 3. The van der Waals surface area contributed by atoms with Crippen LogP contribution in [0.1, 0.15) is 153 Å². The number of nitrogens with zero attached hydrogens (tertiary/aromatic N) is 6. The Morgan fingerprint density at radius 1 is 0.512 bits per heavy atom. The largest absolute Gasteiger partial charge is 0.388 e. The van der Waals surface area contributed by atoms with E-state index in [1.165, 1.54) is 0 Å². The molecule has 22 heteroatoms. The third-order valence-corrected chi connectivity index (χ3v) is 17.0. The Labute approximate surface area is 470 Å². The molecule has 0 aliphatic carbocycles. The Morgan fingerprint density at radius 3 is 1.19 bits per heavy atom. The van der Waals surface area contributed by atoms with Gasteiger partial charge in [-0.1, -0.05) is 87.7 Å². The topological polar surface area (TPSA) is 160 Å². The van der Waals surface area contributed by atoms with Gasteiger partial charge in [-0.15, -0.1) is 0 Å². The maximum Gasteiger partial charge on any atom is 0.245 e. The van der Waals surface area contributed by atoms with Crippen LogP contribution >= 0.6 is 11.6 Å². The Morgan fingerprint density at radius 2 is 0.838 bits per heavy atom. The highest BCUT2D eigenvalue weighted by molar-refractivity contribution is 7.90. The van der Waals surface area contributed by atoms with Crippen molar-refractivity contribution in [2.45, 2.75) is 176 Å². The lowest BCUT2D eigenvalue weighted by Crippen LogP contribution is -2.46. The van der Waals surface area contributed by atoms with Gasteiger partial charge >= 0.3 is 0 Å². The van der Waals surface area contributed by atoms with E-state index in [-0.39, 0.29) is 91.6 Å². The Bertz CT molecular complexity index is 2820. The first-order valence-corrected chi connectivity index (χ1v) is 29.7. The fourth-order valence-corrected chi connectivity index (χ4v) is 11.5. The number of alkyl halides is 6. The fourth-order valence-electron chi connectivity index (χ4n) is 10.7. The molecule has 3 saturated heterocycles. The molecule has 80 heavy (non-hydrogen) atoms. The van der Waals surface area contributed by atoms with Crippen molar-refractivity contribution in [3.05, 3.63) is 101 Å². The normalized spacial score (nSPS) is 19.4. The summed E-state index contributed by atoms with van der Waals surface area (Å²) in [4.78, 5) is 59.4. The van der Waals surface area contributed by atoms with Gasteiger partial charge in [0, 0.05) is 152 Å². The van der Waals surface area contributed by atoms with E-state index in [0.29, 0.717) is 82.8 Å². The molecular formula is C58H73ClF6N6O8S. The number of rotatable bonds is 16. The lowest BCUT2D eigenvalue weighted by molar-refractivity contribution is -0.138. The molecule has 0 aromatic heterocycles. The Balaban J connectivity index is 0.000000174. The molecule has 0 saturated carbocycles. The number of benzene rings is 3. The summed E-state index contributed by atoms with van der Waals surface area (Å²) in [6.07, 6.45) is 7.54. The van der Waals surface area contributed by atoms with Crippen molar-refractivity contribution in [1.82, 2.24) is 14.7 Å². The zero-order valence-corrected chi connectivity index (χ0v) is 47.6. The molecule has 3 amide bonds. The van der Waals surface area contributed by atoms with Crippen LogP contribution in [0.15, 0.2) is 99.2 Å². The number of hydrogen-bond acceptors (Lipinski definition) is 11. The second kappa shape index (κ2) is 26.0. The average molecular weight is 1160 g/mol. The summed E-state index contributed by atoms with van der Waals surface area (Å²) in [5.74, 6) is -8.35. The van der Waals surface area contributed by atoms with E-state index in [1.54, 1.807) is 39.0 Å². The van der Waals surface area contributed by atoms with Crippen molar-refractivity contribution in [2.75, 3.05) is 45.5 Å². The smallest absolute Gasteiger partial charge is 0.245 e. The molecule has 14 nitrogen and oxygen atoms in total. The molecular weight excluding hydrogens is 1090 g/mol. The van der Waals surface area contributed by atoms with Crippen molar-refractivity contribution in [2.24, 2.45) is 15.5 Å². The van der Waals surface area contributed by atoms with E-state index in [0.717, 1.165) is 80.1 Å². The van der Waals surface area contributed by atoms with Gasteiger partial charge in [-0.2, -0.15) is 0 Å². The van der Waals surface area contributed by atoms with Crippen LogP contribution in [-0.4, -0.2) is 138 Å². The molecule has 6 aliphatic heterocycles. The zero-order chi connectivity index (χ0) is 58.0. The number of oxime groups is 3. The van der Waals surface area contributed by atoms with E-state index < -0.39 is 33.2 Å². The number of carbonyl (C=O) groups excluding carboxylic acids is 3. The molecule has 3 aromatic rings. The van der Waals surface area contributed by atoms with E-state index in [1.807, 2.05) is 54.6 Å². The minimum absolute atomic E-state index is 0.0405. The van der Waals surface area contributed by atoms with Crippen LogP contribution in [0.25, 0.3) is 0 Å². The predicted octanol–water partition coefficient (Wildman–Crippen LogP) is 12.0. The summed E-state index contributed by atoms with van der Waals surface area (Å²) in [6.45, 7) is 5.98. The van der Waals surface area contributed by atoms with Crippen LogP contribution in [0, 0.1) is 0 Å². The zero-order valence-electron chi connectivity index (χ0n) is 46.0. The van der Waals surface area contributed by atoms with Gasteiger partial charge in [-0.05, 0) is 69.4 Å². The highest BCUT2D eigenvalue weighted by atomic mass is 35.5. The van der Waals surface area contributed by atoms with Crippen LogP contribution in [-0.2, 0) is 38.7 Å². The van der Waals surface area contributed by atoms with Gasteiger partial charge in [0.1, 0.15) is 16.8 Å². The fraction of sp³-hybridized carbons (Fsp3) is 0.586. The lowest BCUT2D eigenvalue weighted by Gasteiger charge is -2.37. The van der Waals surface area contributed by atoms with Crippen molar-refractivity contribution < 1.29 is 63.7 Å². The van der Waals surface area contributed by atoms with Gasteiger partial charge in [0.05, 0.1) is 22.0 Å². The van der Waals surface area contributed by atoms with Gasteiger partial charge in [-0.25, -0.2) is 34.8 Å². The third-order valence-electron chi connectivity index (χ3n) is 15.5. The molecule has 6 heterocycles. The molecule has 6 aliphatic rings. The highest BCUT2D eigenvalue weighted by Gasteiger charge is 2.46. The molecule has 3 spiro atoms. The molecule has 3 fully saturated rings. The first kappa shape index (κ1) is 61.9. The van der Waals surface area contributed by atoms with Crippen LogP contribution in [0.5, 0.6) is 0 Å². The molecule has 0 unspecified atom stereocenters. The van der Waals surface area contributed by atoms with Gasteiger partial charge in [-0.3, -0.25) is 14.4 Å². The third kappa shape index (κ3) is 17.9. The van der Waals surface area contributed by atoms with Crippen molar-refractivity contribution in [3.63, 3.8) is 0 Å². The first-order valence-electron chi connectivity index (χ1n) is 27.5. The second-order valence-electron chi connectivity index (χ2n) is 22.5. The summed E-state index contributed by atoms with van der Waals surface area (Å²) < 4.78 is 100. The van der Waals surface area contributed by atoms with E-state index in [9.17, 15) is 49.1 Å². The summed E-state index contributed by atoms with van der Waals surface area (Å²) in [7, 11) is -3.25. The summed E-state index contributed by atoms with van der Waals surface area (Å²) in [6, 6.07) is 24.0. The Kier molecular flexibility index (Phi) is 20.2. The maximum absolute atomic E-state index is 12.9. The van der Waals surface area contributed by atoms with Crippen LogP contribution in [0.4, 0.5) is 26.3 Å². The molecule has 0 atom stereocenters. The van der Waals surface area contributed by atoms with Gasteiger partial charge in [0.2, 0.25) is 35.5 Å². The van der Waals surface area contributed by atoms with E-state index in [2.05, 4.69) is 15.5 Å². The Hall–Kier alpha value is -5.70. The number of halogens is 7. The SMILES string of the molecule is CC(F)(F)CCCC(=O)N1CCC2(CC1)CC(c1ccc(S(C)(=O)=O)cc1)=NO2.CC(F)(F)CCCC(=O)N1CCC2(CC1)CC(c1ccccc1)=NO2.CC(F)(F)CCCC(=O)N1CCC2(CC1)CC(c1ccccc1Cl)=NO2. The monoisotopic (exact) mass is 1160 g/mol. The quantitative estimate of drug-likeness (QED) is 0.128. The van der Waals surface area contributed by atoms with E-state index >= 15 is 0 Å². The van der Waals surface area contributed by atoms with Crippen LogP contribution < -0.4 is 0 Å². The standard InChI is InChI=1S/C20H26F2N2O4S.C19H23ClF2N2O2.C19H24F2N2O2/c1-19(21,22)9-3-4-18(25)24-12-10-20(11-13-24)14-17(23-28-20)15-5-7-16(8-6-15)29(2,26)27;1-18(21,22)8-4-7-17(25)24-11-9-19(10-12-24)13-16(23-26-19)14-5-2-3-6-15(14)20;1-18(20,21)9-5-8-17(24)23-12-10-19(11-13-23)14-16(22-25-19)15-6-3-2-4-7-15/h5-8H,3-4,9-14H2,1-2H3;2-3,5-6H,4,7-13H2,1H3;2-4,6-7H,5,8-14H2,1H3. The van der Waals surface area contributed by atoms with Crippen molar-refractivity contribution >= 4 is 56.3 Å². The summed E-state index contributed by atoms with van der Waals surface area (Å²) in [5, 5.41) is 13.3. The second-order valence-corrected chi connectivity index (χ2v) is 24.9. The lowest BCUT2D eigenvalue weighted by atomic mass is 9.85. The number of piperidine rings is 3. The average Bonchev–Trinajstić information content (AvgIpc) is 4.23. The minimum atomic E-state index is -3.25. The van der Waals surface area contributed by atoms with Gasteiger partial charge in [0.15, 0.2) is 9.84 Å². The van der Waals surface area contributed by atoms with Gasteiger partial charge in [0.25, 0.3) is 0 Å². The number of sulfone groups is 1. The number of carbonyl (C=O) groups is 3. The van der Waals surface area contributed by atoms with Crippen molar-refractivity contribution in [3.8, 4) is 0 Å². The summed E-state index contributed by atoms with van der Waals surface area (Å²) in [5.41, 5.74) is 4.14. The maximum atomic E-state index is 12.9. The number of hydrogen-bond donors (Lipinski definition) is 0. The van der Waals surface area contributed by atoms with Crippen LogP contribution in [0.3, 0.4) is 0 Å². The molecule has 0 bridgehead atoms. The molecule has 9 rings (SSSR count). The molecule has 3 aromatic carbocycles. The van der Waals surface area contributed by atoms with Gasteiger partial charge < -0.3 is 29.2 Å². The van der Waals surface area contributed by atoms with Crippen molar-refractivity contribution in [1.29, 1.82) is 0 Å². The number of amides is 3. The minimum Gasteiger partial charge on any atom is -0.388 e. The van der Waals surface area contributed by atoms with Crippen LogP contribution in [0.2, 0.25) is 5.02 Å². The predicted molar refractivity (Wildman–Crippen MR) is 293 cm³/mol. The van der Waals surface area contributed by atoms with E-state index in [4.69, 9.17) is 26.1 Å². The summed E-state index contributed by atoms with van der Waals surface area (Å²) >= 11 is 6.23. The highest BCUT2D eigenvalue weighted by Crippen LogP contribution is 2.40. The molecule has 438 valence electrons. The molecule has 0 radical (unpaired) electrons. The first-order chi connectivity index (χ1) is 37.6.